The van der Waals surface area contributed by atoms with Gasteiger partial charge in [0.05, 0.1) is 11.8 Å². The first-order valence-corrected chi connectivity index (χ1v) is 6.73. The molecule has 1 fully saturated rings. The van der Waals surface area contributed by atoms with Crippen molar-refractivity contribution >= 4 is 11.9 Å². The fourth-order valence-electron chi connectivity index (χ4n) is 2.66. The van der Waals surface area contributed by atoms with E-state index in [2.05, 4.69) is 17.6 Å². The molecule has 0 spiro atoms. The summed E-state index contributed by atoms with van der Waals surface area (Å²) in [6.07, 6.45) is 3.51. The second-order valence-corrected chi connectivity index (χ2v) is 5.25. The molecule has 18 heavy (non-hydrogen) atoms. The zero-order chi connectivity index (χ0) is 13.6. The number of nitrogens with one attached hydrogen (secondary N) is 2. The molecule has 0 aromatic heterocycles. The van der Waals surface area contributed by atoms with Crippen molar-refractivity contribution in [2.75, 3.05) is 13.1 Å². The average molecular weight is 256 g/mol. The van der Waals surface area contributed by atoms with E-state index in [9.17, 15) is 9.59 Å². The van der Waals surface area contributed by atoms with Gasteiger partial charge in [-0.1, -0.05) is 13.3 Å². The standard InChI is InChI=1S/C13H24N2O3/c1-3-4-13(5-7-14-8-6-13)12(18)15-10(2)9-11(16)17/h10,14H,3-9H2,1-2H3,(H,15,18)(H,16,17). The quantitative estimate of drug-likeness (QED) is 0.666. The van der Waals surface area contributed by atoms with Crippen LogP contribution in [0.4, 0.5) is 0 Å². The van der Waals surface area contributed by atoms with E-state index in [4.69, 9.17) is 5.11 Å². The smallest absolute Gasteiger partial charge is 0.305 e. The van der Waals surface area contributed by atoms with Crippen LogP contribution in [0.5, 0.6) is 0 Å². The summed E-state index contributed by atoms with van der Waals surface area (Å²) in [6, 6.07) is -0.307. The SMILES string of the molecule is CCCC1(C(=O)NC(C)CC(=O)O)CCNCC1. The normalized spacial score (nSPS) is 20.1. The molecular formula is C13H24N2O3. The fraction of sp³-hybridized carbons (Fsp3) is 0.846. The van der Waals surface area contributed by atoms with Crippen molar-refractivity contribution in [3.63, 3.8) is 0 Å². The van der Waals surface area contributed by atoms with Gasteiger partial charge in [-0.2, -0.15) is 0 Å². The number of carboxylic acids is 1. The second-order valence-electron chi connectivity index (χ2n) is 5.25. The van der Waals surface area contributed by atoms with Gasteiger partial charge >= 0.3 is 5.97 Å². The van der Waals surface area contributed by atoms with Crippen molar-refractivity contribution in [1.29, 1.82) is 0 Å². The van der Waals surface area contributed by atoms with Crippen LogP contribution in [0.2, 0.25) is 0 Å². The topological polar surface area (TPSA) is 78.4 Å². The van der Waals surface area contributed by atoms with Crippen LogP contribution >= 0.6 is 0 Å². The number of rotatable bonds is 6. The van der Waals surface area contributed by atoms with Crippen molar-refractivity contribution in [3.8, 4) is 0 Å². The van der Waals surface area contributed by atoms with Gasteiger partial charge in [0.25, 0.3) is 0 Å². The molecule has 104 valence electrons. The predicted molar refractivity (Wildman–Crippen MR) is 69.3 cm³/mol. The van der Waals surface area contributed by atoms with Gasteiger partial charge in [0.15, 0.2) is 0 Å². The molecule has 1 unspecified atom stereocenters. The Balaban J connectivity index is 2.61. The Labute approximate surface area is 108 Å². The number of hydrogen-bond acceptors (Lipinski definition) is 3. The third-order valence-electron chi connectivity index (χ3n) is 3.63. The maximum atomic E-state index is 12.4. The molecule has 3 N–H and O–H groups in total. The molecule has 1 aliphatic rings. The van der Waals surface area contributed by atoms with Crippen LogP contribution in [0.15, 0.2) is 0 Å². The Bertz CT molecular complexity index is 293. The highest BCUT2D eigenvalue weighted by Gasteiger charge is 2.38. The minimum atomic E-state index is -0.877. The zero-order valence-corrected chi connectivity index (χ0v) is 11.3. The van der Waals surface area contributed by atoms with E-state index in [0.29, 0.717) is 0 Å². The average Bonchev–Trinajstić information content (AvgIpc) is 2.29. The van der Waals surface area contributed by atoms with Gasteiger partial charge < -0.3 is 15.7 Å². The van der Waals surface area contributed by atoms with Gasteiger partial charge in [-0.3, -0.25) is 9.59 Å². The molecule has 1 rings (SSSR count). The molecule has 0 saturated carbocycles. The molecule has 1 saturated heterocycles. The maximum absolute atomic E-state index is 12.4. The fourth-order valence-corrected chi connectivity index (χ4v) is 2.66. The van der Waals surface area contributed by atoms with Crippen LogP contribution in [-0.2, 0) is 9.59 Å². The molecule has 1 atom stereocenters. The highest BCUT2D eigenvalue weighted by molar-refractivity contribution is 5.83. The van der Waals surface area contributed by atoms with Crippen molar-refractivity contribution in [3.05, 3.63) is 0 Å². The van der Waals surface area contributed by atoms with Crippen LogP contribution in [-0.4, -0.2) is 36.1 Å². The summed E-state index contributed by atoms with van der Waals surface area (Å²) >= 11 is 0. The summed E-state index contributed by atoms with van der Waals surface area (Å²) in [5.74, 6) is -0.850. The lowest BCUT2D eigenvalue weighted by Gasteiger charge is -2.37. The molecule has 0 bridgehead atoms. The van der Waals surface area contributed by atoms with E-state index in [1.165, 1.54) is 0 Å². The molecule has 0 radical (unpaired) electrons. The lowest BCUT2D eigenvalue weighted by atomic mass is 9.74. The van der Waals surface area contributed by atoms with Gasteiger partial charge in [0, 0.05) is 6.04 Å². The summed E-state index contributed by atoms with van der Waals surface area (Å²) in [7, 11) is 0. The lowest BCUT2D eigenvalue weighted by molar-refractivity contribution is -0.138. The number of carbonyl (C=O) groups excluding carboxylic acids is 1. The van der Waals surface area contributed by atoms with Crippen molar-refractivity contribution in [2.24, 2.45) is 5.41 Å². The van der Waals surface area contributed by atoms with E-state index in [1.54, 1.807) is 6.92 Å². The number of carbonyl (C=O) groups is 2. The minimum absolute atomic E-state index is 0.0216. The Kier molecular flexibility index (Phi) is 5.59. The Morgan fingerprint density at radius 2 is 2.00 bits per heavy atom. The van der Waals surface area contributed by atoms with Crippen LogP contribution < -0.4 is 10.6 Å². The van der Waals surface area contributed by atoms with Gasteiger partial charge in [0.2, 0.25) is 5.91 Å². The predicted octanol–water partition coefficient (Wildman–Crippen LogP) is 1.14. The van der Waals surface area contributed by atoms with E-state index < -0.39 is 5.97 Å². The summed E-state index contributed by atoms with van der Waals surface area (Å²) in [5.41, 5.74) is -0.299. The highest BCUT2D eigenvalue weighted by Crippen LogP contribution is 2.34. The van der Waals surface area contributed by atoms with Crippen LogP contribution in [0.3, 0.4) is 0 Å². The van der Waals surface area contributed by atoms with Crippen molar-refractivity contribution in [2.45, 2.75) is 52.0 Å². The van der Waals surface area contributed by atoms with Gasteiger partial charge in [-0.05, 0) is 39.3 Å². The van der Waals surface area contributed by atoms with Gasteiger partial charge in [-0.25, -0.2) is 0 Å². The molecule has 0 aliphatic carbocycles. The third-order valence-corrected chi connectivity index (χ3v) is 3.63. The summed E-state index contributed by atoms with van der Waals surface area (Å²) < 4.78 is 0. The number of amides is 1. The van der Waals surface area contributed by atoms with Crippen molar-refractivity contribution < 1.29 is 14.7 Å². The first-order valence-electron chi connectivity index (χ1n) is 6.73. The maximum Gasteiger partial charge on any atom is 0.305 e. The largest absolute Gasteiger partial charge is 0.481 e. The Morgan fingerprint density at radius 3 is 2.50 bits per heavy atom. The molecule has 0 aromatic rings. The van der Waals surface area contributed by atoms with E-state index in [0.717, 1.165) is 38.8 Å². The number of hydrogen-bond donors (Lipinski definition) is 3. The first kappa shape index (κ1) is 15.0. The number of carboxylic acid groups (broad SMARTS) is 1. The van der Waals surface area contributed by atoms with E-state index >= 15 is 0 Å². The summed E-state index contributed by atoms with van der Waals surface area (Å²) in [4.78, 5) is 23.0. The first-order chi connectivity index (χ1) is 8.50. The van der Waals surface area contributed by atoms with Crippen LogP contribution in [0, 0.1) is 5.41 Å². The minimum Gasteiger partial charge on any atom is -0.481 e. The van der Waals surface area contributed by atoms with Crippen LogP contribution in [0.25, 0.3) is 0 Å². The molecular weight excluding hydrogens is 232 g/mol. The monoisotopic (exact) mass is 256 g/mol. The molecule has 5 heteroatoms. The number of aliphatic carboxylic acids is 1. The second kappa shape index (κ2) is 6.73. The Morgan fingerprint density at radius 1 is 1.39 bits per heavy atom. The van der Waals surface area contributed by atoms with E-state index in [1.807, 2.05) is 0 Å². The molecule has 1 aliphatic heterocycles. The van der Waals surface area contributed by atoms with Crippen LogP contribution in [0.1, 0.15) is 46.0 Å². The molecule has 1 heterocycles. The number of piperidine rings is 1. The summed E-state index contributed by atoms with van der Waals surface area (Å²) in [5, 5.41) is 14.8. The molecule has 1 amide bonds. The van der Waals surface area contributed by atoms with Crippen molar-refractivity contribution in [1.82, 2.24) is 10.6 Å². The zero-order valence-electron chi connectivity index (χ0n) is 11.3. The summed E-state index contributed by atoms with van der Waals surface area (Å²) in [6.45, 7) is 5.55. The van der Waals surface area contributed by atoms with E-state index in [-0.39, 0.29) is 23.8 Å². The highest BCUT2D eigenvalue weighted by atomic mass is 16.4. The third kappa shape index (κ3) is 3.98. The lowest BCUT2D eigenvalue weighted by Crippen LogP contribution is -2.50. The molecule has 0 aromatic carbocycles. The van der Waals surface area contributed by atoms with Gasteiger partial charge in [0.1, 0.15) is 0 Å². The Hall–Kier alpha value is -1.10. The molecule has 5 nitrogen and oxygen atoms in total. The van der Waals surface area contributed by atoms with Gasteiger partial charge in [-0.15, -0.1) is 0 Å².